The Balaban J connectivity index is 1.46. The lowest BCUT2D eigenvalue weighted by Gasteiger charge is -2.34. The molecule has 2 aromatic heterocycles. The number of aliphatic hydroxyl groups excluding tert-OH is 1. The monoisotopic (exact) mass is 468 g/mol. The summed E-state index contributed by atoms with van der Waals surface area (Å²) in [6.07, 6.45) is 4.21. The van der Waals surface area contributed by atoms with Crippen LogP contribution in [0.15, 0.2) is 46.2 Å². The van der Waals surface area contributed by atoms with Crippen molar-refractivity contribution in [2.75, 3.05) is 18.4 Å². The third-order valence-corrected chi connectivity index (χ3v) is 8.09. The summed E-state index contributed by atoms with van der Waals surface area (Å²) < 4.78 is 28.3. The number of nitriles is 1. The fourth-order valence-corrected chi connectivity index (χ4v) is 5.81. The molecule has 0 bridgehead atoms. The molecule has 1 aromatic carbocycles. The highest BCUT2D eigenvalue weighted by atomic mass is 32.2. The van der Waals surface area contributed by atoms with Crippen molar-refractivity contribution in [3.63, 3.8) is 0 Å². The number of aromatic amines is 1. The van der Waals surface area contributed by atoms with Crippen molar-refractivity contribution in [1.82, 2.24) is 19.1 Å². The molecule has 0 unspecified atom stereocenters. The molecule has 1 aliphatic heterocycles. The van der Waals surface area contributed by atoms with Crippen LogP contribution >= 0.6 is 0 Å². The molecule has 1 saturated heterocycles. The molecule has 0 radical (unpaired) electrons. The lowest BCUT2D eigenvalue weighted by molar-refractivity contribution is 0.0548. The molecule has 3 heterocycles. The summed E-state index contributed by atoms with van der Waals surface area (Å²) in [4.78, 5) is 15.5. The Hall–Kier alpha value is -3.20. The van der Waals surface area contributed by atoms with E-state index in [-0.39, 0.29) is 29.6 Å². The molecule has 2 aliphatic rings. The number of aromatic nitrogens is 3. The first-order valence-corrected chi connectivity index (χ1v) is 12.3. The van der Waals surface area contributed by atoms with Crippen molar-refractivity contribution < 1.29 is 13.5 Å². The van der Waals surface area contributed by atoms with Gasteiger partial charge in [0, 0.05) is 31.4 Å². The van der Waals surface area contributed by atoms with Gasteiger partial charge in [0.15, 0.2) is 5.82 Å². The number of aliphatic hydroxyl groups is 1. The lowest BCUT2D eigenvalue weighted by Crippen LogP contribution is -2.53. The Morgan fingerprint density at radius 1 is 1.24 bits per heavy atom. The van der Waals surface area contributed by atoms with Gasteiger partial charge in [0.05, 0.1) is 28.6 Å². The molecule has 3 N–H and O–H groups in total. The summed E-state index contributed by atoms with van der Waals surface area (Å²) in [6.45, 7) is 0.199. The Bertz CT molecular complexity index is 1380. The molecule has 0 amide bonds. The minimum absolute atomic E-state index is 0.0453. The van der Waals surface area contributed by atoms with Gasteiger partial charge in [-0.15, -0.1) is 0 Å². The van der Waals surface area contributed by atoms with Crippen molar-refractivity contribution in [2.24, 2.45) is 5.92 Å². The molecule has 1 aliphatic carbocycles. The second-order valence-electron chi connectivity index (χ2n) is 8.59. The first-order chi connectivity index (χ1) is 15.9. The molecule has 3 aromatic rings. The lowest BCUT2D eigenvalue weighted by atomic mass is 10.1. The quantitative estimate of drug-likeness (QED) is 0.459. The summed E-state index contributed by atoms with van der Waals surface area (Å²) in [5, 5.41) is 26.8. The average molecular weight is 469 g/mol. The third-order valence-electron chi connectivity index (χ3n) is 6.25. The largest absolute Gasteiger partial charge is 0.390 e. The second kappa shape index (κ2) is 8.30. The van der Waals surface area contributed by atoms with Gasteiger partial charge < -0.3 is 15.4 Å². The van der Waals surface area contributed by atoms with E-state index in [1.54, 1.807) is 18.3 Å². The normalized spacial score (nSPS) is 18.1. The van der Waals surface area contributed by atoms with Gasteiger partial charge in [-0.3, -0.25) is 9.48 Å². The number of rotatable bonds is 8. The zero-order valence-electron chi connectivity index (χ0n) is 17.8. The topological polar surface area (TPSA) is 144 Å². The van der Waals surface area contributed by atoms with Gasteiger partial charge in [0.2, 0.25) is 10.0 Å². The van der Waals surface area contributed by atoms with Gasteiger partial charge in [-0.1, -0.05) is 0 Å². The summed E-state index contributed by atoms with van der Waals surface area (Å²) in [7, 11) is -3.64. The van der Waals surface area contributed by atoms with Crippen molar-refractivity contribution in [3.05, 3.63) is 46.9 Å². The van der Waals surface area contributed by atoms with Crippen molar-refractivity contribution in [3.8, 4) is 6.07 Å². The average Bonchev–Trinajstić information content (AvgIpc) is 3.55. The number of sulfonamides is 1. The van der Waals surface area contributed by atoms with Gasteiger partial charge in [-0.2, -0.15) is 14.7 Å². The van der Waals surface area contributed by atoms with Crippen molar-refractivity contribution >= 4 is 32.4 Å². The highest BCUT2D eigenvalue weighted by molar-refractivity contribution is 7.89. The first kappa shape index (κ1) is 21.6. The molecular weight excluding hydrogens is 444 g/mol. The van der Waals surface area contributed by atoms with E-state index in [9.17, 15) is 18.3 Å². The molecule has 10 nitrogen and oxygen atoms in total. The van der Waals surface area contributed by atoms with Gasteiger partial charge >= 0.3 is 0 Å². The van der Waals surface area contributed by atoms with Crippen LogP contribution in [0.5, 0.6) is 0 Å². The Kier molecular flexibility index (Phi) is 5.44. The number of anilines is 2. The molecular formula is C22H24N6O4S. The number of β-amino-alcohol motifs (C(OH)–C–C–N with tert-alkyl or cyclic N) is 1. The maximum Gasteiger partial charge on any atom is 0.261 e. The number of nitrogens with one attached hydrogen (secondary N) is 2. The zero-order chi connectivity index (χ0) is 23.2. The number of pyridine rings is 1. The van der Waals surface area contributed by atoms with Crippen LogP contribution in [0, 0.1) is 17.2 Å². The van der Waals surface area contributed by atoms with E-state index in [1.165, 1.54) is 16.4 Å². The fourth-order valence-electron chi connectivity index (χ4n) is 4.30. The maximum atomic E-state index is 12.6. The van der Waals surface area contributed by atoms with E-state index >= 15 is 0 Å². The minimum atomic E-state index is -3.64. The van der Waals surface area contributed by atoms with E-state index in [4.69, 9.17) is 10.4 Å². The standard InChI is InChI=1S/C22H24N6O4S/c23-10-1-2-18(14-3-4-14)28-19-9-11-24-22(30)20(19)21(26-28)25-15-5-7-17(8-6-15)33(31,32)27-12-16(29)13-27/h5-9,11,14,16,18,29H,1-4,12-13H2,(H,24,30)(H,25,26)/t18-/m0/s1. The van der Waals surface area contributed by atoms with Crippen LogP contribution in [0.4, 0.5) is 11.5 Å². The van der Waals surface area contributed by atoms with E-state index in [1.807, 2.05) is 10.7 Å². The van der Waals surface area contributed by atoms with Gasteiger partial charge in [-0.05, 0) is 55.5 Å². The van der Waals surface area contributed by atoms with E-state index in [2.05, 4.69) is 16.4 Å². The summed E-state index contributed by atoms with van der Waals surface area (Å²) in [5.74, 6) is 0.828. The maximum absolute atomic E-state index is 12.6. The Morgan fingerprint density at radius 2 is 1.97 bits per heavy atom. The zero-order valence-corrected chi connectivity index (χ0v) is 18.6. The molecule has 1 atom stereocenters. The first-order valence-electron chi connectivity index (χ1n) is 10.9. The fraction of sp³-hybridized carbons (Fsp3) is 0.409. The third kappa shape index (κ3) is 4.01. The second-order valence-corrected chi connectivity index (χ2v) is 10.5. The summed E-state index contributed by atoms with van der Waals surface area (Å²) in [5.41, 5.74) is 1.02. The Morgan fingerprint density at radius 3 is 2.61 bits per heavy atom. The van der Waals surface area contributed by atoms with Gasteiger partial charge in [0.1, 0.15) is 5.39 Å². The highest BCUT2D eigenvalue weighted by Gasteiger charge is 2.36. The van der Waals surface area contributed by atoms with Crippen LogP contribution in [-0.4, -0.2) is 51.8 Å². The van der Waals surface area contributed by atoms with Crippen LogP contribution in [0.25, 0.3) is 10.9 Å². The van der Waals surface area contributed by atoms with E-state index in [0.717, 1.165) is 12.8 Å². The van der Waals surface area contributed by atoms with Crippen molar-refractivity contribution in [1.29, 1.82) is 5.26 Å². The molecule has 1 saturated carbocycles. The van der Waals surface area contributed by atoms with E-state index in [0.29, 0.717) is 41.2 Å². The van der Waals surface area contributed by atoms with E-state index < -0.39 is 16.1 Å². The molecule has 2 fully saturated rings. The van der Waals surface area contributed by atoms with Crippen LogP contribution in [0.2, 0.25) is 0 Å². The number of nitrogens with zero attached hydrogens (tertiary/aromatic N) is 4. The predicted molar refractivity (Wildman–Crippen MR) is 121 cm³/mol. The number of H-pyrrole nitrogens is 1. The molecule has 33 heavy (non-hydrogen) atoms. The molecule has 5 rings (SSSR count). The number of benzene rings is 1. The predicted octanol–water partition coefficient (Wildman–Crippen LogP) is 2.09. The van der Waals surface area contributed by atoms with Crippen molar-refractivity contribution in [2.45, 2.75) is 42.7 Å². The Labute approximate surface area is 190 Å². The molecule has 0 spiro atoms. The smallest absolute Gasteiger partial charge is 0.261 e. The van der Waals surface area contributed by atoms with Crippen LogP contribution in [0.3, 0.4) is 0 Å². The van der Waals surface area contributed by atoms with Crippen LogP contribution in [0.1, 0.15) is 31.7 Å². The van der Waals surface area contributed by atoms with Crippen LogP contribution in [-0.2, 0) is 10.0 Å². The highest BCUT2D eigenvalue weighted by Crippen LogP contribution is 2.43. The van der Waals surface area contributed by atoms with Crippen LogP contribution < -0.4 is 10.9 Å². The molecule has 172 valence electrons. The molecule has 11 heteroatoms. The number of fused-ring (bicyclic) bond motifs is 1. The summed E-state index contributed by atoms with van der Waals surface area (Å²) >= 11 is 0. The SMILES string of the molecule is N#CCC[C@@H](C1CC1)n1nc(Nc2ccc(S(=O)(=O)N3CC(O)C3)cc2)c2c(=O)[nH]ccc21. The van der Waals surface area contributed by atoms with Gasteiger partial charge in [-0.25, -0.2) is 8.42 Å². The number of hydrogen-bond donors (Lipinski definition) is 3. The number of hydrogen-bond acceptors (Lipinski definition) is 7. The summed E-state index contributed by atoms with van der Waals surface area (Å²) in [6, 6.07) is 10.3. The van der Waals surface area contributed by atoms with Gasteiger partial charge in [0.25, 0.3) is 5.56 Å². The minimum Gasteiger partial charge on any atom is -0.390 e.